The van der Waals surface area contributed by atoms with Crippen LogP contribution in [0, 0.1) is 0 Å². The standard InChI is InChI=1S/C18H21N5O5/c1-27-14-13(25)11(7-24)28-18(14)23-9-21-12-15(19-8-20-16(12)23)22-17(26)10-5-3-2-4-6-10/h2-6,8-9,11-14,16,18,24-25H,7H2,1H3,(H,19,20,22,26)/t11-,12?,13-,14-,16?,18-/m1/s1. The first-order valence-corrected chi connectivity index (χ1v) is 8.87. The molecule has 1 saturated heterocycles. The van der Waals surface area contributed by atoms with Gasteiger partial charge in [-0.3, -0.25) is 9.79 Å². The quantitative estimate of drug-likeness (QED) is 0.607. The van der Waals surface area contributed by atoms with Crippen molar-refractivity contribution in [2.24, 2.45) is 15.0 Å². The van der Waals surface area contributed by atoms with Gasteiger partial charge in [0.2, 0.25) is 0 Å². The maximum absolute atomic E-state index is 12.5. The Bertz CT molecular complexity index is 814. The van der Waals surface area contributed by atoms with Gasteiger partial charge in [-0.1, -0.05) is 18.2 Å². The molecule has 0 aliphatic carbocycles. The second-order valence-electron chi connectivity index (χ2n) is 6.61. The molecule has 2 unspecified atom stereocenters. The smallest absolute Gasteiger partial charge is 0.256 e. The van der Waals surface area contributed by atoms with Gasteiger partial charge in [0.25, 0.3) is 5.91 Å². The van der Waals surface area contributed by atoms with Gasteiger partial charge in [0.1, 0.15) is 30.5 Å². The van der Waals surface area contributed by atoms with Crippen LogP contribution in [0.3, 0.4) is 0 Å². The number of hydrogen-bond acceptors (Lipinski definition) is 9. The van der Waals surface area contributed by atoms with Gasteiger partial charge in [-0.2, -0.15) is 0 Å². The number of fused-ring (bicyclic) bond motifs is 1. The highest BCUT2D eigenvalue weighted by atomic mass is 16.6. The molecular weight excluding hydrogens is 366 g/mol. The van der Waals surface area contributed by atoms with Crippen LogP contribution in [0.25, 0.3) is 0 Å². The average molecular weight is 387 g/mol. The van der Waals surface area contributed by atoms with Gasteiger partial charge in [0, 0.05) is 12.7 Å². The van der Waals surface area contributed by atoms with Crippen molar-refractivity contribution >= 4 is 24.4 Å². The first-order valence-electron chi connectivity index (χ1n) is 8.87. The van der Waals surface area contributed by atoms with Crippen molar-refractivity contribution in [2.45, 2.75) is 36.7 Å². The lowest BCUT2D eigenvalue weighted by molar-refractivity contribution is -0.0855. The van der Waals surface area contributed by atoms with Crippen LogP contribution in [0.1, 0.15) is 10.4 Å². The highest BCUT2D eigenvalue weighted by molar-refractivity contribution is 6.11. The van der Waals surface area contributed by atoms with Crippen molar-refractivity contribution in [1.29, 1.82) is 0 Å². The SMILES string of the molecule is CO[C@@H]1[C@H](O)[C@@H](CO)O[C@H]1N1C=NC2C(NC(=O)c3ccccc3)=NC=NC21. The number of rotatable bonds is 4. The third-order valence-corrected chi connectivity index (χ3v) is 4.98. The fourth-order valence-corrected chi connectivity index (χ4v) is 3.53. The van der Waals surface area contributed by atoms with E-state index in [1.807, 2.05) is 6.07 Å². The number of carbonyl (C=O) groups excluding carboxylic acids is 1. The number of carbonyl (C=O) groups is 1. The molecule has 3 heterocycles. The first-order chi connectivity index (χ1) is 13.6. The maximum atomic E-state index is 12.5. The third-order valence-electron chi connectivity index (χ3n) is 4.98. The van der Waals surface area contributed by atoms with Crippen molar-refractivity contribution in [3.63, 3.8) is 0 Å². The fraction of sp³-hybridized carbons (Fsp3) is 0.444. The summed E-state index contributed by atoms with van der Waals surface area (Å²) in [7, 11) is 1.46. The van der Waals surface area contributed by atoms with Gasteiger partial charge in [0.15, 0.2) is 18.4 Å². The fourth-order valence-electron chi connectivity index (χ4n) is 3.53. The minimum Gasteiger partial charge on any atom is -0.394 e. The highest BCUT2D eigenvalue weighted by Gasteiger charge is 2.50. The number of ether oxygens (including phenoxy) is 2. The van der Waals surface area contributed by atoms with Gasteiger partial charge < -0.3 is 29.9 Å². The lowest BCUT2D eigenvalue weighted by atomic mass is 10.1. The number of hydrogen-bond donors (Lipinski definition) is 3. The molecule has 28 heavy (non-hydrogen) atoms. The number of benzene rings is 1. The van der Waals surface area contributed by atoms with Crippen LogP contribution in [0.2, 0.25) is 0 Å². The van der Waals surface area contributed by atoms with Crippen LogP contribution in [-0.4, -0.2) is 90.0 Å². The predicted molar refractivity (Wildman–Crippen MR) is 100 cm³/mol. The van der Waals surface area contributed by atoms with Crippen molar-refractivity contribution in [3.8, 4) is 0 Å². The molecule has 0 radical (unpaired) electrons. The van der Waals surface area contributed by atoms with Crippen LogP contribution in [0.5, 0.6) is 0 Å². The summed E-state index contributed by atoms with van der Waals surface area (Å²) in [6.45, 7) is -0.334. The molecule has 10 heteroatoms. The Labute approximate surface area is 161 Å². The van der Waals surface area contributed by atoms with Crippen LogP contribution in [0.15, 0.2) is 45.3 Å². The molecule has 0 bridgehead atoms. The molecule has 4 rings (SSSR count). The minimum atomic E-state index is -0.981. The lowest BCUT2D eigenvalue weighted by Gasteiger charge is -2.33. The second-order valence-corrected chi connectivity index (χ2v) is 6.61. The predicted octanol–water partition coefficient (Wildman–Crippen LogP) is -1.01. The zero-order valence-corrected chi connectivity index (χ0v) is 15.1. The molecule has 10 nitrogen and oxygen atoms in total. The number of aliphatic hydroxyl groups excluding tert-OH is 2. The van der Waals surface area contributed by atoms with Gasteiger partial charge >= 0.3 is 0 Å². The Morgan fingerprint density at radius 2 is 2.11 bits per heavy atom. The highest BCUT2D eigenvalue weighted by Crippen LogP contribution is 2.31. The summed E-state index contributed by atoms with van der Waals surface area (Å²) in [4.78, 5) is 27.1. The molecular formula is C18H21N5O5. The van der Waals surface area contributed by atoms with Crippen molar-refractivity contribution in [1.82, 2.24) is 10.2 Å². The normalized spacial score (nSPS) is 33.7. The monoisotopic (exact) mass is 387 g/mol. The number of amides is 1. The molecule has 3 aliphatic rings. The Hall–Kier alpha value is -2.66. The summed E-state index contributed by atoms with van der Waals surface area (Å²) in [5.41, 5.74) is 0.510. The van der Waals surface area contributed by atoms with E-state index in [1.165, 1.54) is 13.4 Å². The van der Waals surface area contributed by atoms with Crippen molar-refractivity contribution in [3.05, 3.63) is 35.9 Å². The Balaban J connectivity index is 1.49. The van der Waals surface area contributed by atoms with Gasteiger partial charge in [-0.05, 0) is 12.1 Å². The Kier molecular flexibility index (Phi) is 5.18. The summed E-state index contributed by atoms with van der Waals surface area (Å²) < 4.78 is 11.1. The van der Waals surface area contributed by atoms with E-state index in [0.29, 0.717) is 11.4 Å². The molecule has 1 amide bonds. The van der Waals surface area contributed by atoms with E-state index in [2.05, 4.69) is 20.3 Å². The summed E-state index contributed by atoms with van der Waals surface area (Å²) in [6, 6.07) is 8.29. The van der Waals surface area contributed by atoms with Crippen LogP contribution >= 0.6 is 0 Å². The third kappa shape index (κ3) is 3.20. The van der Waals surface area contributed by atoms with Crippen molar-refractivity contribution < 1.29 is 24.5 Å². The van der Waals surface area contributed by atoms with E-state index in [0.717, 1.165) is 0 Å². The zero-order chi connectivity index (χ0) is 19.7. The average Bonchev–Trinajstić information content (AvgIpc) is 3.29. The largest absolute Gasteiger partial charge is 0.394 e. The molecule has 0 aromatic heterocycles. The maximum Gasteiger partial charge on any atom is 0.256 e. The number of nitrogens with one attached hydrogen (secondary N) is 1. The number of nitrogens with zero attached hydrogens (tertiary/aromatic N) is 4. The van der Waals surface area contributed by atoms with Crippen molar-refractivity contribution in [2.75, 3.05) is 13.7 Å². The second kappa shape index (κ2) is 7.76. The van der Waals surface area contributed by atoms with Gasteiger partial charge in [-0.25, -0.2) is 9.98 Å². The molecule has 1 fully saturated rings. The molecule has 0 saturated carbocycles. The molecule has 1 aromatic rings. The molecule has 6 atom stereocenters. The Morgan fingerprint density at radius 3 is 2.82 bits per heavy atom. The van der Waals surface area contributed by atoms with Crippen LogP contribution in [0.4, 0.5) is 0 Å². The zero-order valence-electron chi connectivity index (χ0n) is 15.1. The Morgan fingerprint density at radius 1 is 1.32 bits per heavy atom. The topological polar surface area (TPSA) is 128 Å². The van der Waals surface area contributed by atoms with E-state index in [-0.39, 0.29) is 12.5 Å². The molecule has 3 N–H and O–H groups in total. The minimum absolute atomic E-state index is 0.287. The number of aliphatic hydroxyl groups is 2. The number of methoxy groups -OCH3 is 1. The van der Waals surface area contributed by atoms with Crippen LogP contribution in [-0.2, 0) is 9.47 Å². The molecule has 1 aromatic carbocycles. The van der Waals surface area contributed by atoms with E-state index in [9.17, 15) is 15.0 Å². The summed E-state index contributed by atoms with van der Waals surface area (Å²) in [5.74, 6) is 0.0866. The van der Waals surface area contributed by atoms with Crippen LogP contribution < -0.4 is 5.32 Å². The molecule has 3 aliphatic heterocycles. The summed E-state index contributed by atoms with van der Waals surface area (Å²) in [6.07, 6.45) is -0.704. The summed E-state index contributed by atoms with van der Waals surface area (Å²) in [5, 5.41) is 22.5. The first kappa shape index (κ1) is 18.7. The number of amidine groups is 1. The van der Waals surface area contributed by atoms with E-state index in [4.69, 9.17) is 9.47 Å². The summed E-state index contributed by atoms with van der Waals surface area (Å²) >= 11 is 0. The van der Waals surface area contributed by atoms with E-state index in [1.54, 1.807) is 35.5 Å². The van der Waals surface area contributed by atoms with E-state index >= 15 is 0 Å². The van der Waals surface area contributed by atoms with Gasteiger partial charge in [0.05, 0.1) is 12.9 Å². The van der Waals surface area contributed by atoms with E-state index < -0.39 is 36.7 Å². The van der Waals surface area contributed by atoms with Gasteiger partial charge in [-0.15, -0.1) is 0 Å². The lowest BCUT2D eigenvalue weighted by Crippen LogP contribution is -2.53. The molecule has 148 valence electrons. The molecule has 0 spiro atoms. The number of aliphatic imine (C=N–C) groups is 3.